The molecule has 0 aliphatic heterocycles. The Bertz CT molecular complexity index is 458. The minimum absolute atomic E-state index is 0.153. The van der Waals surface area contributed by atoms with Crippen molar-refractivity contribution < 1.29 is 14.7 Å². The number of carboxylic acids is 1. The first-order chi connectivity index (χ1) is 9.49. The van der Waals surface area contributed by atoms with Crippen molar-refractivity contribution in [1.29, 1.82) is 0 Å². The van der Waals surface area contributed by atoms with Gasteiger partial charge >= 0.3 is 12.0 Å². The Morgan fingerprint density at radius 1 is 1.25 bits per heavy atom. The molecule has 0 atom stereocenters. The maximum Gasteiger partial charge on any atom is 0.335 e. The van der Waals surface area contributed by atoms with Gasteiger partial charge in [0.1, 0.15) is 0 Å². The van der Waals surface area contributed by atoms with Gasteiger partial charge in [-0.1, -0.05) is 32.8 Å². The van der Waals surface area contributed by atoms with E-state index in [-0.39, 0.29) is 11.6 Å². The highest BCUT2D eigenvalue weighted by atomic mass is 16.4. The molecule has 0 unspecified atom stereocenters. The lowest BCUT2D eigenvalue weighted by molar-refractivity contribution is 0.0697. The maximum atomic E-state index is 11.6. The van der Waals surface area contributed by atoms with Gasteiger partial charge in [0.15, 0.2) is 0 Å². The summed E-state index contributed by atoms with van der Waals surface area (Å²) in [6.45, 7) is 4.97. The van der Waals surface area contributed by atoms with Crippen LogP contribution in [0.3, 0.4) is 0 Å². The molecule has 3 N–H and O–H groups in total. The van der Waals surface area contributed by atoms with Gasteiger partial charge in [-0.3, -0.25) is 0 Å². The molecule has 0 heterocycles. The summed E-state index contributed by atoms with van der Waals surface area (Å²) in [5.41, 5.74) is 0.629. The minimum atomic E-state index is -1.01. The first-order valence-electron chi connectivity index (χ1n) is 6.87. The van der Waals surface area contributed by atoms with Gasteiger partial charge in [0, 0.05) is 12.2 Å². The number of rotatable bonds is 7. The lowest BCUT2D eigenvalue weighted by atomic mass is 10.1. The van der Waals surface area contributed by atoms with Gasteiger partial charge in [-0.15, -0.1) is 0 Å². The average Bonchev–Trinajstić information content (AvgIpc) is 2.38. The van der Waals surface area contributed by atoms with E-state index in [1.165, 1.54) is 12.1 Å². The molecule has 1 aromatic rings. The summed E-state index contributed by atoms with van der Waals surface area (Å²) in [5, 5.41) is 14.2. The third-order valence-electron chi connectivity index (χ3n) is 2.86. The van der Waals surface area contributed by atoms with Crippen molar-refractivity contribution in [2.75, 3.05) is 11.9 Å². The third-order valence-corrected chi connectivity index (χ3v) is 2.86. The van der Waals surface area contributed by atoms with Crippen molar-refractivity contribution in [3.63, 3.8) is 0 Å². The van der Waals surface area contributed by atoms with E-state index in [1.54, 1.807) is 12.1 Å². The molecule has 1 aromatic carbocycles. The van der Waals surface area contributed by atoms with Gasteiger partial charge in [0.05, 0.1) is 5.56 Å². The van der Waals surface area contributed by atoms with E-state index in [0.717, 1.165) is 19.3 Å². The van der Waals surface area contributed by atoms with Crippen LogP contribution >= 0.6 is 0 Å². The van der Waals surface area contributed by atoms with Gasteiger partial charge in [0.2, 0.25) is 0 Å². The number of amides is 2. The molecule has 0 spiro atoms. The molecule has 0 aliphatic rings. The van der Waals surface area contributed by atoms with Crippen LogP contribution in [-0.2, 0) is 0 Å². The second-order valence-electron chi connectivity index (χ2n) is 5.16. The summed E-state index contributed by atoms with van der Waals surface area (Å²) in [5.74, 6) is -0.328. The van der Waals surface area contributed by atoms with Crippen LogP contribution < -0.4 is 10.6 Å². The first kappa shape index (κ1) is 16.0. The second-order valence-corrected chi connectivity index (χ2v) is 5.16. The number of aromatic carboxylic acids is 1. The summed E-state index contributed by atoms with van der Waals surface area (Å²) >= 11 is 0. The first-order valence-corrected chi connectivity index (χ1v) is 6.87. The Labute approximate surface area is 119 Å². The smallest absolute Gasteiger partial charge is 0.335 e. The topological polar surface area (TPSA) is 78.4 Å². The number of urea groups is 1. The molecular weight excluding hydrogens is 256 g/mol. The zero-order valence-electron chi connectivity index (χ0n) is 12.0. The largest absolute Gasteiger partial charge is 0.478 e. The quantitative estimate of drug-likeness (QED) is 0.669. The van der Waals surface area contributed by atoms with Crippen LogP contribution in [0.5, 0.6) is 0 Å². The minimum Gasteiger partial charge on any atom is -0.478 e. The molecule has 0 saturated heterocycles. The fourth-order valence-electron chi connectivity index (χ4n) is 1.78. The number of anilines is 1. The van der Waals surface area contributed by atoms with Crippen molar-refractivity contribution in [2.45, 2.75) is 33.1 Å². The standard InChI is InChI=1S/C15H22N2O3/c1-11(2)6-3-4-9-16-15(20)17-13-8-5-7-12(10-13)14(18)19/h5,7-8,10-11H,3-4,6,9H2,1-2H3,(H,18,19)(H2,16,17,20). The zero-order valence-corrected chi connectivity index (χ0v) is 12.0. The predicted octanol–water partition coefficient (Wildman–Crippen LogP) is 3.33. The molecule has 5 nitrogen and oxygen atoms in total. The molecule has 110 valence electrons. The highest BCUT2D eigenvalue weighted by molar-refractivity contribution is 5.93. The normalized spacial score (nSPS) is 10.3. The Balaban J connectivity index is 2.32. The Kier molecular flexibility index (Phi) is 6.56. The molecule has 1 rings (SSSR count). The number of hydrogen-bond donors (Lipinski definition) is 3. The van der Waals surface area contributed by atoms with E-state index < -0.39 is 5.97 Å². The molecule has 0 aromatic heterocycles. The lowest BCUT2D eigenvalue weighted by Gasteiger charge is -2.08. The third kappa shape index (κ3) is 6.22. The van der Waals surface area contributed by atoms with Crippen LogP contribution in [0.15, 0.2) is 24.3 Å². The Hall–Kier alpha value is -2.04. The zero-order chi connectivity index (χ0) is 15.0. The van der Waals surface area contributed by atoms with Crippen LogP contribution in [-0.4, -0.2) is 23.7 Å². The summed E-state index contributed by atoms with van der Waals surface area (Å²) in [7, 11) is 0. The fraction of sp³-hybridized carbons (Fsp3) is 0.467. The van der Waals surface area contributed by atoms with Gasteiger partial charge in [-0.2, -0.15) is 0 Å². The molecule has 0 saturated carbocycles. The number of hydrogen-bond acceptors (Lipinski definition) is 2. The molecule has 20 heavy (non-hydrogen) atoms. The molecule has 5 heteroatoms. The van der Waals surface area contributed by atoms with E-state index in [1.807, 2.05) is 0 Å². The summed E-state index contributed by atoms with van der Waals surface area (Å²) in [4.78, 5) is 22.4. The van der Waals surface area contributed by atoms with Crippen LogP contribution in [0.25, 0.3) is 0 Å². The van der Waals surface area contributed by atoms with E-state index in [2.05, 4.69) is 24.5 Å². The van der Waals surface area contributed by atoms with Crippen LogP contribution in [0.2, 0.25) is 0 Å². The number of nitrogens with one attached hydrogen (secondary N) is 2. The summed E-state index contributed by atoms with van der Waals surface area (Å²) in [6.07, 6.45) is 3.19. The summed E-state index contributed by atoms with van der Waals surface area (Å²) < 4.78 is 0. The predicted molar refractivity (Wildman–Crippen MR) is 79.1 cm³/mol. The highest BCUT2D eigenvalue weighted by Gasteiger charge is 2.05. The van der Waals surface area contributed by atoms with Crippen molar-refractivity contribution in [2.24, 2.45) is 5.92 Å². The van der Waals surface area contributed by atoms with Crippen molar-refractivity contribution in [3.05, 3.63) is 29.8 Å². The van der Waals surface area contributed by atoms with Gasteiger partial charge in [-0.05, 0) is 30.5 Å². The number of unbranched alkanes of at least 4 members (excludes halogenated alkanes) is 1. The molecule has 0 radical (unpaired) electrons. The SMILES string of the molecule is CC(C)CCCCNC(=O)Nc1cccc(C(=O)O)c1. The van der Waals surface area contributed by atoms with Crippen LogP contribution in [0.4, 0.5) is 10.5 Å². The number of carbonyl (C=O) groups is 2. The average molecular weight is 278 g/mol. The highest BCUT2D eigenvalue weighted by Crippen LogP contribution is 2.10. The van der Waals surface area contributed by atoms with Crippen molar-refractivity contribution in [3.8, 4) is 0 Å². The van der Waals surface area contributed by atoms with Crippen LogP contribution in [0.1, 0.15) is 43.5 Å². The second kappa shape index (κ2) is 8.19. The van der Waals surface area contributed by atoms with Gasteiger partial charge in [0.25, 0.3) is 0 Å². The summed E-state index contributed by atoms with van der Waals surface area (Å²) in [6, 6.07) is 5.86. The lowest BCUT2D eigenvalue weighted by Crippen LogP contribution is -2.29. The monoisotopic (exact) mass is 278 g/mol. The van der Waals surface area contributed by atoms with Gasteiger partial charge < -0.3 is 15.7 Å². The Morgan fingerprint density at radius 3 is 2.65 bits per heavy atom. The molecule has 0 aliphatic carbocycles. The van der Waals surface area contributed by atoms with Gasteiger partial charge in [-0.25, -0.2) is 9.59 Å². The van der Waals surface area contributed by atoms with E-state index in [4.69, 9.17) is 5.11 Å². The number of carbonyl (C=O) groups excluding carboxylic acids is 1. The Morgan fingerprint density at radius 2 is 2.00 bits per heavy atom. The fourth-order valence-corrected chi connectivity index (χ4v) is 1.78. The van der Waals surface area contributed by atoms with E-state index in [9.17, 15) is 9.59 Å². The molecule has 2 amide bonds. The maximum absolute atomic E-state index is 11.6. The number of carboxylic acid groups (broad SMARTS) is 1. The molecule has 0 fully saturated rings. The molecule has 0 bridgehead atoms. The van der Waals surface area contributed by atoms with E-state index >= 15 is 0 Å². The number of benzene rings is 1. The van der Waals surface area contributed by atoms with Crippen molar-refractivity contribution in [1.82, 2.24) is 5.32 Å². The van der Waals surface area contributed by atoms with Crippen LogP contribution in [0, 0.1) is 5.92 Å². The van der Waals surface area contributed by atoms with E-state index in [0.29, 0.717) is 18.2 Å². The van der Waals surface area contributed by atoms with Crippen molar-refractivity contribution >= 4 is 17.7 Å². The molecular formula is C15H22N2O3.